The molecule has 1 aliphatic heterocycles. The Bertz CT molecular complexity index is 511. The van der Waals surface area contributed by atoms with Gasteiger partial charge in [0.15, 0.2) is 0 Å². The first-order chi connectivity index (χ1) is 9.43. The second-order valence-electron chi connectivity index (χ2n) is 5.42. The highest BCUT2D eigenvalue weighted by Crippen LogP contribution is 2.15. The third kappa shape index (κ3) is 3.17. The first kappa shape index (κ1) is 12.7. The van der Waals surface area contributed by atoms with Crippen molar-refractivity contribution >= 4 is 10.9 Å². The van der Waals surface area contributed by atoms with E-state index in [0.29, 0.717) is 6.04 Å². The molecule has 1 aromatic carbocycles. The average Bonchev–Trinajstić information content (AvgIpc) is 2.88. The van der Waals surface area contributed by atoms with Gasteiger partial charge in [-0.15, -0.1) is 0 Å². The molecule has 1 saturated heterocycles. The maximum Gasteiger partial charge on any atom is 0.0480 e. The van der Waals surface area contributed by atoms with E-state index < -0.39 is 0 Å². The summed E-state index contributed by atoms with van der Waals surface area (Å²) in [4.78, 5) is 0. The lowest BCUT2D eigenvalue weighted by Gasteiger charge is -2.23. The third-order valence-electron chi connectivity index (χ3n) is 3.99. The molecule has 0 aliphatic carbocycles. The van der Waals surface area contributed by atoms with E-state index in [1.54, 1.807) is 0 Å². The molecule has 0 bridgehead atoms. The molecule has 1 fully saturated rings. The van der Waals surface area contributed by atoms with E-state index in [9.17, 15) is 0 Å². The van der Waals surface area contributed by atoms with E-state index in [-0.39, 0.29) is 0 Å². The van der Waals surface area contributed by atoms with Crippen LogP contribution in [0, 0.1) is 0 Å². The summed E-state index contributed by atoms with van der Waals surface area (Å²) in [6.07, 6.45) is 6.02. The summed E-state index contributed by atoms with van der Waals surface area (Å²) in [5.41, 5.74) is 1.35. The van der Waals surface area contributed by atoms with Crippen LogP contribution in [0.1, 0.15) is 19.3 Å². The predicted octanol–water partition coefficient (Wildman–Crippen LogP) is 2.37. The van der Waals surface area contributed by atoms with E-state index in [0.717, 1.165) is 19.6 Å². The van der Waals surface area contributed by atoms with Crippen molar-refractivity contribution in [3.63, 3.8) is 0 Å². The number of nitrogens with zero attached hydrogens (tertiary/aromatic N) is 1. The average molecular weight is 257 g/mol. The van der Waals surface area contributed by atoms with Crippen LogP contribution in [0.3, 0.4) is 0 Å². The molecule has 0 unspecified atom stereocenters. The van der Waals surface area contributed by atoms with Crippen molar-refractivity contribution in [2.75, 3.05) is 19.6 Å². The lowest BCUT2D eigenvalue weighted by molar-refractivity contribution is 0.385. The lowest BCUT2D eigenvalue weighted by Crippen LogP contribution is -2.43. The van der Waals surface area contributed by atoms with Crippen LogP contribution in [-0.4, -0.2) is 30.2 Å². The van der Waals surface area contributed by atoms with Gasteiger partial charge in [-0.25, -0.2) is 0 Å². The molecule has 3 nitrogen and oxygen atoms in total. The Kier molecular flexibility index (Phi) is 4.16. The number of nitrogens with one attached hydrogen (secondary N) is 2. The van der Waals surface area contributed by atoms with Gasteiger partial charge in [-0.1, -0.05) is 18.2 Å². The van der Waals surface area contributed by atoms with Gasteiger partial charge in [-0.05, 0) is 49.9 Å². The summed E-state index contributed by atoms with van der Waals surface area (Å²) < 4.78 is 2.36. The number of piperidine rings is 1. The minimum absolute atomic E-state index is 0.676. The van der Waals surface area contributed by atoms with Gasteiger partial charge < -0.3 is 15.2 Å². The van der Waals surface area contributed by atoms with Crippen molar-refractivity contribution < 1.29 is 0 Å². The van der Waals surface area contributed by atoms with Gasteiger partial charge in [0.25, 0.3) is 0 Å². The topological polar surface area (TPSA) is 29.0 Å². The van der Waals surface area contributed by atoms with Crippen molar-refractivity contribution in [1.29, 1.82) is 0 Å². The van der Waals surface area contributed by atoms with Crippen LogP contribution in [0.4, 0.5) is 0 Å². The lowest BCUT2D eigenvalue weighted by atomic mass is 10.1. The third-order valence-corrected chi connectivity index (χ3v) is 3.99. The van der Waals surface area contributed by atoms with Crippen molar-refractivity contribution in [3.05, 3.63) is 36.5 Å². The monoisotopic (exact) mass is 257 g/mol. The highest BCUT2D eigenvalue weighted by molar-refractivity contribution is 5.79. The Morgan fingerprint density at radius 1 is 1.26 bits per heavy atom. The molecule has 19 heavy (non-hydrogen) atoms. The molecule has 102 valence electrons. The Hall–Kier alpha value is -1.32. The van der Waals surface area contributed by atoms with Gasteiger partial charge in [0.1, 0.15) is 0 Å². The predicted molar refractivity (Wildman–Crippen MR) is 80.4 cm³/mol. The normalized spacial score (nSPS) is 19.9. The highest BCUT2D eigenvalue weighted by atomic mass is 15.0. The minimum Gasteiger partial charge on any atom is -0.347 e. The standard InChI is InChI=1S/C16H23N3/c1-2-7-16-14(5-1)8-12-19(16)11-4-10-18-15-6-3-9-17-13-15/h1-2,5,7-8,12,15,17-18H,3-4,6,9-11,13H2/t15-/m1/s1. The number of rotatable bonds is 5. The van der Waals surface area contributed by atoms with E-state index >= 15 is 0 Å². The van der Waals surface area contributed by atoms with Crippen molar-refractivity contribution in [2.45, 2.75) is 31.8 Å². The van der Waals surface area contributed by atoms with E-state index in [4.69, 9.17) is 0 Å². The maximum absolute atomic E-state index is 3.66. The molecule has 1 aliphatic rings. The SMILES string of the molecule is c1ccc2c(c1)ccn2CCCN[C@@H]1CCCNC1. The Morgan fingerprint density at radius 2 is 2.21 bits per heavy atom. The molecule has 2 N–H and O–H groups in total. The maximum atomic E-state index is 3.66. The first-order valence-electron chi connectivity index (χ1n) is 7.41. The molecule has 3 rings (SSSR count). The summed E-state index contributed by atoms with van der Waals surface area (Å²) in [6, 6.07) is 11.5. The highest BCUT2D eigenvalue weighted by Gasteiger charge is 2.11. The number of para-hydroxylation sites is 1. The number of aromatic nitrogens is 1. The molecule has 2 aromatic rings. The van der Waals surface area contributed by atoms with Gasteiger partial charge in [0.2, 0.25) is 0 Å². The summed E-state index contributed by atoms with van der Waals surface area (Å²) >= 11 is 0. The summed E-state index contributed by atoms with van der Waals surface area (Å²) in [7, 11) is 0. The number of benzene rings is 1. The van der Waals surface area contributed by atoms with E-state index in [2.05, 4.69) is 51.7 Å². The van der Waals surface area contributed by atoms with Crippen LogP contribution in [0.25, 0.3) is 10.9 Å². The molecule has 1 atom stereocenters. The van der Waals surface area contributed by atoms with Gasteiger partial charge in [-0.2, -0.15) is 0 Å². The Morgan fingerprint density at radius 3 is 3.11 bits per heavy atom. The number of hydrogen-bond acceptors (Lipinski definition) is 2. The molecule has 2 heterocycles. The smallest absolute Gasteiger partial charge is 0.0480 e. The molecular formula is C16H23N3. The van der Waals surface area contributed by atoms with Crippen molar-refractivity contribution in [2.24, 2.45) is 0 Å². The summed E-state index contributed by atoms with van der Waals surface area (Å²) in [5.74, 6) is 0. The summed E-state index contributed by atoms with van der Waals surface area (Å²) in [5, 5.41) is 8.44. The van der Waals surface area contributed by atoms with Gasteiger partial charge in [-0.3, -0.25) is 0 Å². The number of aryl methyl sites for hydroxylation is 1. The van der Waals surface area contributed by atoms with E-state index in [1.165, 1.54) is 36.7 Å². The quantitative estimate of drug-likeness (QED) is 0.805. The van der Waals surface area contributed by atoms with Gasteiger partial charge in [0, 0.05) is 30.8 Å². The number of hydrogen-bond donors (Lipinski definition) is 2. The fourth-order valence-corrected chi connectivity index (χ4v) is 2.92. The molecule has 3 heteroatoms. The number of fused-ring (bicyclic) bond motifs is 1. The van der Waals surface area contributed by atoms with Crippen LogP contribution < -0.4 is 10.6 Å². The van der Waals surface area contributed by atoms with Crippen LogP contribution >= 0.6 is 0 Å². The fraction of sp³-hybridized carbons (Fsp3) is 0.500. The second-order valence-corrected chi connectivity index (χ2v) is 5.42. The van der Waals surface area contributed by atoms with Crippen LogP contribution in [0.5, 0.6) is 0 Å². The molecular weight excluding hydrogens is 234 g/mol. The van der Waals surface area contributed by atoms with Crippen LogP contribution in [-0.2, 0) is 6.54 Å². The molecule has 0 amide bonds. The Labute approximate surface area is 115 Å². The zero-order chi connectivity index (χ0) is 12.9. The van der Waals surface area contributed by atoms with E-state index in [1.807, 2.05) is 0 Å². The van der Waals surface area contributed by atoms with Crippen molar-refractivity contribution in [1.82, 2.24) is 15.2 Å². The van der Waals surface area contributed by atoms with Gasteiger partial charge in [0.05, 0.1) is 0 Å². The Balaban J connectivity index is 1.47. The molecule has 0 radical (unpaired) electrons. The molecule has 0 spiro atoms. The second kappa shape index (κ2) is 6.22. The zero-order valence-electron chi connectivity index (χ0n) is 11.4. The first-order valence-corrected chi connectivity index (χ1v) is 7.41. The molecule has 0 saturated carbocycles. The molecule has 1 aromatic heterocycles. The van der Waals surface area contributed by atoms with Crippen LogP contribution in [0.2, 0.25) is 0 Å². The largest absolute Gasteiger partial charge is 0.347 e. The zero-order valence-corrected chi connectivity index (χ0v) is 11.4. The van der Waals surface area contributed by atoms with Crippen LogP contribution in [0.15, 0.2) is 36.5 Å². The van der Waals surface area contributed by atoms with Crippen molar-refractivity contribution in [3.8, 4) is 0 Å². The summed E-state index contributed by atoms with van der Waals surface area (Å²) in [6.45, 7) is 4.53. The minimum atomic E-state index is 0.676. The van der Waals surface area contributed by atoms with Gasteiger partial charge >= 0.3 is 0 Å². The fourth-order valence-electron chi connectivity index (χ4n) is 2.92.